The molecule has 0 spiro atoms. The normalized spacial score (nSPS) is 12.4. The number of nitrogens with one attached hydrogen (secondary N) is 1. The zero-order valence-corrected chi connectivity index (χ0v) is 11.8. The van der Waals surface area contributed by atoms with E-state index in [-0.39, 0.29) is 11.9 Å². The molecule has 0 radical (unpaired) electrons. The first-order valence-corrected chi connectivity index (χ1v) is 7.01. The highest BCUT2D eigenvalue weighted by Gasteiger charge is 2.20. The molecule has 3 N–H and O–H groups in total. The topological polar surface area (TPSA) is 68.0 Å². The molecule has 5 heteroatoms. The molecule has 0 saturated heterocycles. The van der Waals surface area contributed by atoms with E-state index in [1.807, 2.05) is 17.5 Å². The summed E-state index contributed by atoms with van der Waals surface area (Å²) in [6.07, 6.45) is 1.50. The van der Waals surface area contributed by atoms with Gasteiger partial charge >= 0.3 is 0 Å². The van der Waals surface area contributed by atoms with Crippen LogP contribution in [0.25, 0.3) is 0 Å². The first-order chi connectivity index (χ1) is 9.08. The Kier molecular flexibility index (Phi) is 4.16. The average molecular weight is 275 g/mol. The number of pyridine rings is 1. The second-order valence-electron chi connectivity index (χ2n) is 4.68. The number of carbonyl (C=O) groups excluding carboxylic acids is 1. The van der Waals surface area contributed by atoms with E-state index in [0.29, 0.717) is 17.3 Å². The number of hydrogen-bond donors (Lipinski definition) is 2. The molecule has 0 saturated carbocycles. The summed E-state index contributed by atoms with van der Waals surface area (Å²) < 4.78 is 0. The van der Waals surface area contributed by atoms with Gasteiger partial charge in [-0.15, -0.1) is 11.3 Å². The van der Waals surface area contributed by atoms with Crippen LogP contribution in [0.4, 0.5) is 5.82 Å². The maximum Gasteiger partial charge on any atom is 0.253 e. The zero-order chi connectivity index (χ0) is 13.8. The van der Waals surface area contributed by atoms with E-state index >= 15 is 0 Å². The lowest BCUT2D eigenvalue weighted by molar-refractivity contribution is 0.0926. The van der Waals surface area contributed by atoms with E-state index in [1.54, 1.807) is 23.5 Å². The summed E-state index contributed by atoms with van der Waals surface area (Å²) in [6.45, 7) is 4.18. The van der Waals surface area contributed by atoms with Crippen molar-refractivity contribution < 1.29 is 4.79 Å². The summed E-state index contributed by atoms with van der Waals surface area (Å²) in [5.74, 6) is 0.610. The fraction of sp³-hybridized carbons (Fsp3) is 0.286. The quantitative estimate of drug-likeness (QED) is 0.901. The van der Waals surface area contributed by atoms with Crippen molar-refractivity contribution in [1.82, 2.24) is 10.3 Å². The SMILES string of the molecule is CC(C)C(NC(=O)c1ccc(N)nc1)c1cccs1. The number of nitrogen functional groups attached to an aromatic ring is 1. The fourth-order valence-corrected chi connectivity index (χ4v) is 2.75. The minimum Gasteiger partial charge on any atom is -0.384 e. The smallest absolute Gasteiger partial charge is 0.253 e. The van der Waals surface area contributed by atoms with Crippen LogP contribution in [0, 0.1) is 5.92 Å². The number of anilines is 1. The van der Waals surface area contributed by atoms with Crippen LogP contribution in [-0.4, -0.2) is 10.9 Å². The molecule has 2 aromatic rings. The van der Waals surface area contributed by atoms with Crippen LogP contribution in [0.2, 0.25) is 0 Å². The van der Waals surface area contributed by atoms with Crippen LogP contribution in [0.3, 0.4) is 0 Å². The van der Waals surface area contributed by atoms with E-state index < -0.39 is 0 Å². The Hall–Kier alpha value is -1.88. The van der Waals surface area contributed by atoms with Crippen molar-refractivity contribution in [3.8, 4) is 0 Å². The lowest BCUT2D eigenvalue weighted by Crippen LogP contribution is -2.31. The standard InChI is InChI=1S/C14H17N3OS/c1-9(2)13(11-4-3-7-19-11)17-14(18)10-5-6-12(15)16-8-10/h3-9,13H,1-2H3,(H2,15,16)(H,17,18). The molecule has 19 heavy (non-hydrogen) atoms. The van der Waals surface area contributed by atoms with Crippen molar-refractivity contribution in [2.75, 3.05) is 5.73 Å². The van der Waals surface area contributed by atoms with Gasteiger partial charge in [-0.25, -0.2) is 4.98 Å². The highest BCUT2D eigenvalue weighted by molar-refractivity contribution is 7.10. The highest BCUT2D eigenvalue weighted by atomic mass is 32.1. The minimum atomic E-state index is -0.125. The predicted octanol–water partition coefficient (Wildman–Crippen LogP) is 2.85. The number of aromatic nitrogens is 1. The van der Waals surface area contributed by atoms with E-state index in [9.17, 15) is 4.79 Å². The Morgan fingerprint density at radius 1 is 1.37 bits per heavy atom. The average Bonchev–Trinajstić information content (AvgIpc) is 2.89. The number of amides is 1. The number of carbonyl (C=O) groups is 1. The molecule has 2 rings (SSSR count). The van der Waals surface area contributed by atoms with Crippen LogP contribution in [-0.2, 0) is 0 Å². The van der Waals surface area contributed by atoms with Crippen LogP contribution in [0.1, 0.15) is 35.1 Å². The van der Waals surface area contributed by atoms with Gasteiger partial charge < -0.3 is 11.1 Å². The molecule has 2 aromatic heterocycles. The van der Waals surface area contributed by atoms with Crippen molar-refractivity contribution in [3.05, 3.63) is 46.3 Å². The third-order valence-corrected chi connectivity index (χ3v) is 3.81. The molecule has 0 bridgehead atoms. The van der Waals surface area contributed by atoms with Gasteiger partial charge in [0.15, 0.2) is 0 Å². The zero-order valence-electron chi connectivity index (χ0n) is 11.0. The molecule has 0 aromatic carbocycles. The summed E-state index contributed by atoms with van der Waals surface area (Å²) in [5, 5.41) is 5.06. The second kappa shape index (κ2) is 5.84. The Morgan fingerprint density at radius 2 is 2.16 bits per heavy atom. The van der Waals surface area contributed by atoms with E-state index in [0.717, 1.165) is 4.88 Å². The van der Waals surface area contributed by atoms with Gasteiger partial charge in [-0.3, -0.25) is 4.79 Å². The Bertz CT molecular complexity index is 534. The summed E-state index contributed by atoms with van der Waals surface area (Å²) in [5.41, 5.74) is 6.04. The van der Waals surface area contributed by atoms with Gasteiger partial charge in [-0.2, -0.15) is 0 Å². The molecule has 0 fully saturated rings. The lowest BCUT2D eigenvalue weighted by atomic mass is 10.0. The molecule has 0 aliphatic heterocycles. The van der Waals surface area contributed by atoms with Crippen molar-refractivity contribution in [2.45, 2.75) is 19.9 Å². The lowest BCUT2D eigenvalue weighted by Gasteiger charge is -2.21. The first kappa shape index (κ1) is 13.5. The van der Waals surface area contributed by atoms with Crippen LogP contribution < -0.4 is 11.1 Å². The molecule has 0 aliphatic rings. The number of nitrogens with two attached hydrogens (primary N) is 1. The largest absolute Gasteiger partial charge is 0.384 e. The number of rotatable bonds is 4. The van der Waals surface area contributed by atoms with Gasteiger partial charge in [0.25, 0.3) is 5.91 Å². The minimum absolute atomic E-state index is 0.0186. The van der Waals surface area contributed by atoms with Gasteiger partial charge in [0.1, 0.15) is 5.82 Å². The Labute approximate surface area is 116 Å². The van der Waals surface area contributed by atoms with Crippen molar-refractivity contribution >= 4 is 23.1 Å². The van der Waals surface area contributed by atoms with Gasteiger partial charge in [0.2, 0.25) is 0 Å². The predicted molar refractivity (Wildman–Crippen MR) is 78.0 cm³/mol. The number of thiophene rings is 1. The monoisotopic (exact) mass is 275 g/mol. The molecule has 100 valence electrons. The molecular formula is C14H17N3OS. The highest BCUT2D eigenvalue weighted by Crippen LogP contribution is 2.26. The molecule has 1 atom stereocenters. The van der Waals surface area contributed by atoms with Crippen molar-refractivity contribution in [3.63, 3.8) is 0 Å². The van der Waals surface area contributed by atoms with Gasteiger partial charge in [0, 0.05) is 11.1 Å². The van der Waals surface area contributed by atoms with Gasteiger partial charge in [-0.1, -0.05) is 19.9 Å². The van der Waals surface area contributed by atoms with Crippen LogP contribution >= 0.6 is 11.3 Å². The first-order valence-electron chi connectivity index (χ1n) is 6.13. The molecule has 1 unspecified atom stereocenters. The molecule has 0 aliphatic carbocycles. The molecule has 1 amide bonds. The van der Waals surface area contributed by atoms with Crippen LogP contribution in [0.15, 0.2) is 35.8 Å². The summed E-state index contributed by atoms with van der Waals surface area (Å²) >= 11 is 1.65. The Balaban J connectivity index is 2.14. The second-order valence-corrected chi connectivity index (χ2v) is 5.66. The van der Waals surface area contributed by atoms with E-state index in [1.165, 1.54) is 6.20 Å². The van der Waals surface area contributed by atoms with Gasteiger partial charge in [-0.05, 0) is 29.5 Å². The summed E-state index contributed by atoms with van der Waals surface area (Å²) in [6, 6.07) is 7.36. The number of nitrogens with zero attached hydrogens (tertiary/aromatic N) is 1. The summed E-state index contributed by atoms with van der Waals surface area (Å²) in [7, 11) is 0. The maximum absolute atomic E-state index is 12.2. The van der Waals surface area contributed by atoms with Crippen LogP contribution in [0.5, 0.6) is 0 Å². The third kappa shape index (κ3) is 3.32. The van der Waals surface area contributed by atoms with E-state index in [2.05, 4.69) is 24.1 Å². The third-order valence-electron chi connectivity index (χ3n) is 2.85. The van der Waals surface area contributed by atoms with Crippen molar-refractivity contribution in [1.29, 1.82) is 0 Å². The fourth-order valence-electron chi connectivity index (χ4n) is 1.80. The number of hydrogen-bond acceptors (Lipinski definition) is 4. The maximum atomic E-state index is 12.2. The Morgan fingerprint density at radius 3 is 2.68 bits per heavy atom. The molecule has 4 nitrogen and oxygen atoms in total. The van der Waals surface area contributed by atoms with Gasteiger partial charge in [0.05, 0.1) is 11.6 Å². The molecular weight excluding hydrogens is 258 g/mol. The molecule has 2 heterocycles. The van der Waals surface area contributed by atoms with E-state index in [4.69, 9.17) is 5.73 Å². The summed E-state index contributed by atoms with van der Waals surface area (Å²) in [4.78, 5) is 17.3. The van der Waals surface area contributed by atoms with Crippen molar-refractivity contribution in [2.24, 2.45) is 5.92 Å².